The van der Waals surface area contributed by atoms with Crippen LogP contribution in [-0.2, 0) is 6.54 Å². The van der Waals surface area contributed by atoms with Crippen LogP contribution in [0.25, 0.3) is 0 Å². The van der Waals surface area contributed by atoms with Gasteiger partial charge in [0.1, 0.15) is 12.7 Å². The molecule has 80 valence electrons. The predicted octanol–water partition coefficient (Wildman–Crippen LogP) is 1.01. The van der Waals surface area contributed by atoms with E-state index in [1.807, 2.05) is 16.4 Å². The van der Waals surface area contributed by atoms with Crippen molar-refractivity contribution < 1.29 is 0 Å². The molecule has 0 spiro atoms. The number of nitrogens with one attached hydrogen (secondary N) is 1. The summed E-state index contributed by atoms with van der Waals surface area (Å²) in [5.74, 6) is 1.17. The van der Waals surface area contributed by atoms with Crippen LogP contribution in [0.15, 0.2) is 12.7 Å². The van der Waals surface area contributed by atoms with E-state index in [2.05, 4.69) is 28.6 Å². The van der Waals surface area contributed by atoms with Gasteiger partial charge in [-0.2, -0.15) is 16.9 Å². The Morgan fingerprint density at radius 3 is 3.07 bits per heavy atom. The van der Waals surface area contributed by atoms with E-state index in [1.54, 1.807) is 12.7 Å². The molecule has 1 N–H and O–H groups in total. The summed E-state index contributed by atoms with van der Waals surface area (Å²) in [6.45, 7) is 4.23. The third kappa shape index (κ3) is 4.62. The van der Waals surface area contributed by atoms with Gasteiger partial charge in [0, 0.05) is 24.9 Å². The van der Waals surface area contributed by atoms with Gasteiger partial charge >= 0.3 is 0 Å². The molecule has 0 saturated heterocycles. The highest BCUT2D eigenvalue weighted by Crippen LogP contribution is 1.95. The molecule has 1 aromatic rings. The highest BCUT2D eigenvalue weighted by Gasteiger charge is 2.00. The van der Waals surface area contributed by atoms with Gasteiger partial charge in [0.05, 0.1) is 0 Å². The smallest absolute Gasteiger partial charge is 0.137 e. The van der Waals surface area contributed by atoms with Crippen LogP contribution in [0, 0.1) is 0 Å². The Labute approximate surface area is 89.5 Å². The second-order valence-corrected chi connectivity index (χ2v) is 4.28. The lowest BCUT2D eigenvalue weighted by atomic mass is 10.2. The van der Waals surface area contributed by atoms with E-state index in [4.69, 9.17) is 0 Å². The molecule has 0 amide bonds. The summed E-state index contributed by atoms with van der Waals surface area (Å²) < 4.78 is 1.87. The number of rotatable bonds is 7. The highest BCUT2D eigenvalue weighted by molar-refractivity contribution is 7.98. The molecule has 0 fully saturated rings. The molecule has 0 saturated carbocycles. The summed E-state index contributed by atoms with van der Waals surface area (Å²) >= 11 is 1.87. The molecule has 1 unspecified atom stereocenters. The van der Waals surface area contributed by atoms with Crippen LogP contribution in [0.3, 0.4) is 0 Å². The monoisotopic (exact) mass is 214 g/mol. The second-order valence-electron chi connectivity index (χ2n) is 3.30. The van der Waals surface area contributed by atoms with Crippen molar-refractivity contribution in [1.82, 2.24) is 20.1 Å². The number of nitrogens with zero attached hydrogens (tertiary/aromatic N) is 3. The van der Waals surface area contributed by atoms with Gasteiger partial charge < -0.3 is 5.32 Å². The van der Waals surface area contributed by atoms with Crippen LogP contribution < -0.4 is 5.32 Å². The zero-order valence-electron chi connectivity index (χ0n) is 8.81. The molecule has 1 aromatic heterocycles. The summed E-state index contributed by atoms with van der Waals surface area (Å²) in [4.78, 5) is 3.90. The van der Waals surface area contributed by atoms with E-state index >= 15 is 0 Å². The molecule has 5 heteroatoms. The maximum absolute atomic E-state index is 4.06. The molecule has 1 rings (SSSR count). The summed E-state index contributed by atoms with van der Waals surface area (Å²) in [5.41, 5.74) is 0. The lowest BCUT2D eigenvalue weighted by molar-refractivity contribution is 0.468. The van der Waals surface area contributed by atoms with Crippen molar-refractivity contribution in [3.05, 3.63) is 12.7 Å². The maximum atomic E-state index is 4.06. The quantitative estimate of drug-likeness (QED) is 0.688. The van der Waals surface area contributed by atoms with Crippen molar-refractivity contribution in [1.29, 1.82) is 0 Å². The number of hydrogen-bond acceptors (Lipinski definition) is 4. The topological polar surface area (TPSA) is 42.7 Å². The Hall–Kier alpha value is -0.550. The van der Waals surface area contributed by atoms with Crippen molar-refractivity contribution >= 4 is 11.8 Å². The Kier molecular flexibility index (Phi) is 5.63. The Morgan fingerprint density at radius 2 is 2.43 bits per heavy atom. The van der Waals surface area contributed by atoms with E-state index in [0.717, 1.165) is 19.5 Å². The Bertz CT molecular complexity index is 225. The first-order valence-corrected chi connectivity index (χ1v) is 6.27. The molecule has 1 atom stereocenters. The average Bonchev–Trinajstić information content (AvgIpc) is 2.68. The zero-order chi connectivity index (χ0) is 10.2. The first kappa shape index (κ1) is 11.5. The molecule has 4 nitrogen and oxygen atoms in total. The summed E-state index contributed by atoms with van der Waals surface area (Å²) in [7, 11) is 0. The molecule has 0 aliphatic carbocycles. The lowest BCUT2D eigenvalue weighted by Gasteiger charge is -2.12. The number of aromatic nitrogens is 3. The van der Waals surface area contributed by atoms with Gasteiger partial charge in [0.2, 0.25) is 0 Å². The minimum absolute atomic E-state index is 0.548. The molecule has 0 aliphatic heterocycles. The van der Waals surface area contributed by atoms with Gasteiger partial charge in [0.15, 0.2) is 0 Å². The SMILES string of the molecule is CSCCNC(C)CCn1cncn1. The second kappa shape index (κ2) is 6.84. The van der Waals surface area contributed by atoms with Crippen molar-refractivity contribution in [2.75, 3.05) is 18.6 Å². The van der Waals surface area contributed by atoms with E-state index in [0.29, 0.717) is 6.04 Å². The highest BCUT2D eigenvalue weighted by atomic mass is 32.2. The Morgan fingerprint density at radius 1 is 1.57 bits per heavy atom. The molecule has 0 aromatic carbocycles. The normalized spacial score (nSPS) is 13.0. The van der Waals surface area contributed by atoms with Crippen LogP contribution in [0.1, 0.15) is 13.3 Å². The third-order valence-corrected chi connectivity index (χ3v) is 2.67. The minimum Gasteiger partial charge on any atom is -0.313 e. The van der Waals surface area contributed by atoms with Crippen LogP contribution in [0.5, 0.6) is 0 Å². The van der Waals surface area contributed by atoms with E-state index in [9.17, 15) is 0 Å². The van der Waals surface area contributed by atoms with Crippen molar-refractivity contribution in [3.8, 4) is 0 Å². The molecule has 0 aliphatic rings. The molecule has 0 radical (unpaired) electrons. The number of hydrogen-bond donors (Lipinski definition) is 1. The lowest BCUT2D eigenvalue weighted by Crippen LogP contribution is -2.29. The third-order valence-electron chi connectivity index (χ3n) is 2.06. The fraction of sp³-hybridized carbons (Fsp3) is 0.778. The van der Waals surface area contributed by atoms with Gasteiger partial charge in [-0.25, -0.2) is 4.98 Å². The van der Waals surface area contributed by atoms with Crippen molar-refractivity contribution in [2.45, 2.75) is 25.9 Å². The zero-order valence-corrected chi connectivity index (χ0v) is 9.63. The summed E-state index contributed by atoms with van der Waals surface area (Å²) in [6.07, 6.45) is 6.56. The maximum Gasteiger partial charge on any atom is 0.137 e. The van der Waals surface area contributed by atoms with Gasteiger partial charge in [0.25, 0.3) is 0 Å². The first-order valence-electron chi connectivity index (χ1n) is 4.87. The largest absolute Gasteiger partial charge is 0.313 e. The average molecular weight is 214 g/mol. The minimum atomic E-state index is 0.548. The summed E-state index contributed by atoms with van der Waals surface area (Å²) in [5, 5.41) is 7.52. The van der Waals surface area contributed by atoms with Crippen molar-refractivity contribution in [2.24, 2.45) is 0 Å². The predicted molar refractivity (Wildman–Crippen MR) is 60.5 cm³/mol. The van der Waals surface area contributed by atoms with Crippen LogP contribution in [0.4, 0.5) is 0 Å². The van der Waals surface area contributed by atoms with Gasteiger partial charge in [-0.3, -0.25) is 4.68 Å². The number of thioether (sulfide) groups is 1. The van der Waals surface area contributed by atoms with Crippen molar-refractivity contribution in [3.63, 3.8) is 0 Å². The van der Waals surface area contributed by atoms with Gasteiger partial charge in [-0.05, 0) is 19.6 Å². The van der Waals surface area contributed by atoms with Crippen LogP contribution >= 0.6 is 11.8 Å². The Balaban J connectivity index is 2.06. The van der Waals surface area contributed by atoms with E-state index in [1.165, 1.54) is 5.75 Å². The standard InChI is InChI=1S/C9H18N4S/c1-9(11-4-6-14-2)3-5-13-8-10-7-12-13/h7-9,11H,3-6H2,1-2H3. The molecule has 1 heterocycles. The van der Waals surface area contributed by atoms with E-state index < -0.39 is 0 Å². The molecular weight excluding hydrogens is 196 g/mol. The molecule has 14 heavy (non-hydrogen) atoms. The number of aryl methyl sites for hydroxylation is 1. The summed E-state index contributed by atoms with van der Waals surface area (Å²) in [6, 6.07) is 0.548. The fourth-order valence-electron chi connectivity index (χ4n) is 1.18. The first-order chi connectivity index (χ1) is 6.83. The van der Waals surface area contributed by atoms with Crippen LogP contribution in [-0.4, -0.2) is 39.4 Å². The van der Waals surface area contributed by atoms with E-state index in [-0.39, 0.29) is 0 Å². The van der Waals surface area contributed by atoms with Gasteiger partial charge in [-0.1, -0.05) is 0 Å². The molecular formula is C9H18N4S. The molecule has 0 bridgehead atoms. The van der Waals surface area contributed by atoms with Gasteiger partial charge in [-0.15, -0.1) is 0 Å². The fourth-order valence-corrected chi connectivity index (χ4v) is 1.51. The van der Waals surface area contributed by atoms with Crippen LogP contribution in [0.2, 0.25) is 0 Å².